The Bertz CT molecular complexity index is 642. The monoisotopic (exact) mass is 291 g/mol. The number of hydrogen-bond donors (Lipinski definition) is 0. The Labute approximate surface area is 120 Å². The van der Waals surface area contributed by atoms with Crippen LogP contribution >= 0.6 is 23.1 Å². The third-order valence-electron chi connectivity index (χ3n) is 2.39. The first-order valence-corrected chi connectivity index (χ1v) is 7.21. The van der Waals surface area contributed by atoms with Gasteiger partial charge in [0.05, 0.1) is 5.56 Å². The second-order valence-corrected chi connectivity index (χ2v) is 6.41. The molecule has 0 saturated carbocycles. The normalized spacial score (nSPS) is 10.3. The molecule has 0 spiro atoms. The van der Waals surface area contributed by atoms with Crippen molar-refractivity contribution >= 4 is 28.2 Å². The van der Waals surface area contributed by atoms with Gasteiger partial charge in [0.1, 0.15) is 11.1 Å². The summed E-state index contributed by atoms with van der Waals surface area (Å²) in [6.45, 7) is 3.84. The predicted octanol–water partition coefficient (Wildman–Crippen LogP) is 2.64. The fourth-order valence-electron chi connectivity index (χ4n) is 1.52. The molecule has 5 nitrogen and oxygen atoms in total. The third kappa shape index (κ3) is 3.03. The molecule has 0 aliphatic carbocycles. The first-order chi connectivity index (χ1) is 9.01. The number of rotatable bonds is 3. The number of hydrogen-bond acceptors (Lipinski definition) is 7. The van der Waals surface area contributed by atoms with Crippen LogP contribution in [0.1, 0.15) is 16.8 Å². The zero-order chi connectivity index (χ0) is 14.0. The van der Waals surface area contributed by atoms with Gasteiger partial charge in [0.2, 0.25) is 5.13 Å². The van der Waals surface area contributed by atoms with Gasteiger partial charge in [0, 0.05) is 19.8 Å². The summed E-state index contributed by atoms with van der Waals surface area (Å²) in [6, 6.07) is 4.11. The van der Waals surface area contributed by atoms with Crippen LogP contribution in [0.15, 0.2) is 15.4 Å². The van der Waals surface area contributed by atoms with Crippen molar-refractivity contribution in [1.29, 1.82) is 5.26 Å². The molecule has 2 rings (SSSR count). The van der Waals surface area contributed by atoms with E-state index in [9.17, 15) is 5.26 Å². The maximum absolute atomic E-state index is 9.22. The predicted molar refractivity (Wildman–Crippen MR) is 76.8 cm³/mol. The molecular formula is C12H13N5S2. The summed E-state index contributed by atoms with van der Waals surface area (Å²) in [5.41, 5.74) is 2.45. The standard InChI is InChI=1S/C12H13N5S2/c1-7-5-8(2)14-10(9(7)6-13)18-12-16-15-11(19-12)17(3)4/h5H,1-4H3. The van der Waals surface area contributed by atoms with Crippen LogP contribution in [0, 0.1) is 25.2 Å². The van der Waals surface area contributed by atoms with Crippen molar-refractivity contribution in [1.82, 2.24) is 15.2 Å². The Kier molecular flexibility index (Phi) is 4.02. The minimum atomic E-state index is 0.609. The van der Waals surface area contributed by atoms with Crippen molar-refractivity contribution in [3.63, 3.8) is 0 Å². The van der Waals surface area contributed by atoms with Crippen LogP contribution in [-0.2, 0) is 0 Å². The van der Waals surface area contributed by atoms with Gasteiger partial charge in [-0.15, -0.1) is 10.2 Å². The minimum Gasteiger partial charge on any atom is -0.353 e. The molecule has 98 valence electrons. The van der Waals surface area contributed by atoms with Crippen LogP contribution in [-0.4, -0.2) is 29.3 Å². The average molecular weight is 291 g/mol. The highest BCUT2D eigenvalue weighted by atomic mass is 32.2. The molecule has 0 atom stereocenters. The lowest BCUT2D eigenvalue weighted by Gasteiger charge is -2.05. The molecule has 0 amide bonds. The molecule has 2 aromatic heterocycles. The van der Waals surface area contributed by atoms with E-state index < -0.39 is 0 Å². The Balaban J connectivity index is 2.35. The third-order valence-corrected chi connectivity index (χ3v) is 4.52. The fraction of sp³-hybridized carbons (Fsp3) is 0.333. The summed E-state index contributed by atoms with van der Waals surface area (Å²) in [7, 11) is 3.84. The molecule has 0 saturated heterocycles. The highest BCUT2D eigenvalue weighted by Crippen LogP contribution is 2.34. The van der Waals surface area contributed by atoms with E-state index in [-0.39, 0.29) is 0 Å². The van der Waals surface area contributed by atoms with Crippen molar-refractivity contribution in [2.45, 2.75) is 23.2 Å². The quantitative estimate of drug-likeness (QED) is 0.866. The molecule has 0 aliphatic rings. The molecule has 2 aromatic rings. The maximum Gasteiger partial charge on any atom is 0.208 e. The fourth-order valence-corrected chi connectivity index (χ4v) is 3.39. The summed E-state index contributed by atoms with van der Waals surface area (Å²) < 4.78 is 0.790. The second kappa shape index (κ2) is 5.55. The minimum absolute atomic E-state index is 0.609. The van der Waals surface area contributed by atoms with Crippen LogP contribution in [0.25, 0.3) is 0 Å². The Hall–Kier alpha value is -1.65. The van der Waals surface area contributed by atoms with Gasteiger partial charge in [-0.1, -0.05) is 11.3 Å². The maximum atomic E-state index is 9.22. The Morgan fingerprint density at radius 1 is 1.32 bits per heavy atom. The number of anilines is 1. The van der Waals surface area contributed by atoms with Crippen molar-refractivity contribution < 1.29 is 0 Å². The van der Waals surface area contributed by atoms with Gasteiger partial charge in [-0.05, 0) is 37.2 Å². The lowest BCUT2D eigenvalue weighted by Crippen LogP contribution is -2.07. The van der Waals surface area contributed by atoms with Crippen LogP contribution in [0.5, 0.6) is 0 Å². The number of nitriles is 1. The summed E-state index contributed by atoms with van der Waals surface area (Å²) in [4.78, 5) is 6.32. The first kappa shape index (κ1) is 13.8. The van der Waals surface area contributed by atoms with E-state index in [1.165, 1.54) is 23.1 Å². The second-order valence-electron chi connectivity index (χ2n) is 4.22. The molecule has 0 aromatic carbocycles. The first-order valence-electron chi connectivity index (χ1n) is 5.58. The summed E-state index contributed by atoms with van der Waals surface area (Å²) in [5, 5.41) is 18.9. The number of pyridine rings is 1. The van der Waals surface area contributed by atoms with E-state index in [0.29, 0.717) is 10.6 Å². The van der Waals surface area contributed by atoms with Crippen LogP contribution < -0.4 is 4.90 Å². The van der Waals surface area contributed by atoms with Gasteiger partial charge in [-0.2, -0.15) is 5.26 Å². The molecule has 19 heavy (non-hydrogen) atoms. The van der Waals surface area contributed by atoms with E-state index in [2.05, 4.69) is 21.3 Å². The molecule has 7 heteroatoms. The van der Waals surface area contributed by atoms with E-state index in [1.807, 2.05) is 38.9 Å². The zero-order valence-corrected chi connectivity index (χ0v) is 12.8. The zero-order valence-electron chi connectivity index (χ0n) is 11.1. The molecule has 0 fully saturated rings. The van der Waals surface area contributed by atoms with Gasteiger partial charge >= 0.3 is 0 Å². The largest absolute Gasteiger partial charge is 0.353 e. The van der Waals surface area contributed by atoms with Crippen molar-refractivity contribution in [3.8, 4) is 6.07 Å². The molecule has 2 heterocycles. The van der Waals surface area contributed by atoms with Crippen LogP contribution in [0.4, 0.5) is 5.13 Å². The highest BCUT2D eigenvalue weighted by molar-refractivity contribution is 8.01. The van der Waals surface area contributed by atoms with E-state index >= 15 is 0 Å². The van der Waals surface area contributed by atoms with Crippen LogP contribution in [0.3, 0.4) is 0 Å². The lowest BCUT2D eigenvalue weighted by molar-refractivity contribution is 0.966. The molecule has 0 aliphatic heterocycles. The van der Waals surface area contributed by atoms with E-state index in [4.69, 9.17) is 0 Å². The van der Waals surface area contributed by atoms with E-state index in [1.54, 1.807) is 0 Å². The number of aromatic nitrogens is 3. The van der Waals surface area contributed by atoms with E-state index in [0.717, 1.165) is 20.7 Å². The molecule has 0 radical (unpaired) electrons. The molecule has 0 N–H and O–H groups in total. The summed E-state index contributed by atoms with van der Waals surface area (Å²) in [6.07, 6.45) is 0. The average Bonchev–Trinajstić information content (AvgIpc) is 2.77. The van der Waals surface area contributed by atoms with Crippen molar-refractivity contribution in [2.75, 3.05) is 19.0 Å². The van der Waals surface area contributed by atoms with Gasteiger partial charge in [0.15, 0.2) is 4.34 Å². The van der Waals surface area contributed by atoms with Gasteiger partial charge < -0.3 is 4.90 Å². The summed E-state index contributed by atoms with van der Waals surface area (Å²) >= 11 is 2.87. The Morgan fingerprint density at radius 2 is 2.05 bits per heavy atom. The van der Waals surface area contributed by atoms with Gasteiger partial charge in [-0.3, -0.25) is 0 Å². The lowest BCUT2D eigenvalue weighted by atomic mass is 10.1. The topological polar surface area (TPSA) is 65.7 Å². The SMILES string of the molecule is Cc1cc(C)c(C#N)c(Sc2nnc(N(C)C)s2)n1. The van der Waals surface area contributed by atoms with Crippen molar-refractivity contribution in [2.24, 2.45) is 0 Å². The number of nitrogens with zero attached hydrogens (tertiary/aromatic N) is 5. The highest BCUT2D eigenvalue weighted by Gasteiger charge is 2.13. The van der Waals surface area contributed by atoms with Gasteiger partial charge in [0.25, 0.3) is 0 Å². The molecule has 0 bridgehead atoms. The van der Waals surface area contributed by atoms with Gasteiger partial charge in [-0.25, -0.2) is 4.98 Å². The Morgan fingerprint density at radius 3 is 2.63 bits per heavy atom. The smallest absolute Gasteiger partial charge is 0.208 e. The number of aryl methyl sites for hydroxylation is 2. The summed E-state index contributed by atoms with van der Waals surface area (Å²) in [5.74, 6) is 0. The van der Waals surface area contributed by atoms with Crippen molar-refractivity contribution in [3.05, 3.63) is 22.9 Å². The molecular weight excluding hydrogens is 278 g/mol. The molecule has 0 unspecified atom stereocenters. The van der Waals surface area contributed by atoms with Crippen LogP contribution in [0.2, 0.25) is 0 Å².